The molecule has 0 aromatic heterocycles. The monoisotopic (exact) mass is 679 g/mol. The quantitative estimate of drug-likeness (QED) is 0.160. The summed E-state index contributed by atoms with van der Waals surface area (Å²) in [6.45, 7) is 6.98. The van der Waals surface area contributed by atoms with Gasteiger partial charge >= 0.3 is 0 Å². The third-order valence-electron chi connectivity index (χ3n) is 8.05. The van der Waals surface area contributed by atoms with Crippen molar-refractivity contribution in [3.8, 4) is 0 Å². The van der Waals surface area contributed by atoms with Gasteiger partial charge in [0, 0.05) is 34.6 Å². The maximum Gasteiger partial charge on any atom is 0.264 e. The van der Waals surface area contributed by atoms with E-state index < -0.39 is 28.5 Å². The third kappa shape index (κ3) is 8.49. The fourth-order valence-corrected chi connectivity index (χ4v) is 6.92. The highest BCUT2D eigenvalue weighted by atomic mass is 35.5. The zero-order valence-electron chi connectivity index (χ0n) is 26.4. The number of halogens is 2. The van der Waals surface area contributed by atoms with Crippen molar-refractivity contribution in [3.63, 3.8) is 0 Å². The van der Waals surface area contributed by atoms with Gasteiger partial charge in [0.1, 0.15) is 12.6 Å². The first-order chi connectivity index (χ1) is 21.9. The molecule has 2 unspecified atom stereocenters. The Labute approximate surface area is 282 Å². The molecule has 242 valence electrons. The van der Waals surface area contributed by atoms with Gasteiger partial charge in [-0.15, -0.1) is 0 Å². The van der Waals surface area contributed by atoms with Gasteiger partial charge in [-0.1, -0.05) is 90.8 Å². The van der Waals surface area contributed by atoms with Gasteiger partial charge in [-0.25, -0.2) is 8.42 Å². The summed E-state index contributed by atoms with van der Waals surface area (Å²) < 4.78 is 29.4. The minimum Gasteiger partial charge on any atom is -0.352 e. The van der Waals surface area contributed by atoms with Crippen LogP contribution in [0.15, 0.2) is 102 Å². The second-order valence-corrected chi connectivity index (χ2v) is 14.0. The van der Waals surface area contributed by atoms with Crippen LogP contribution in [0.1, 0.15) is 42.5 Å². The lowest BCUT2D eigenvalue weighted by molar-refractivity contribution is -0.140. The lowest BCUT2D eigenvalue weighted by Crippen LogP contribution is -2.54. The number of nitrogens with zero attached hydrogens (tertiary/aromatic N) is 2. The van der Waals surface area contributed by atoms with Crippen LogP contribution < -0.4 is 9.62 Å². The number of aryl methyl sites for hydroxylation is 2. The molecule has 0 aliphatic rings. The third-order valence-corrected chi connectivity index (χ3v) is 10.5. The van der Waals surface area contributed by atoms with Crippen LogP contribution in [0.25, 0.3) is 0 Å². The van der Waals surface area contributed by atoms with E-state index in [1.165, 1.54) is 17.0 Å². The van der Waals surface area contributed by atoms with Gasteiger partial charge in [0.2, 0.25) is 11.8 Å². The maximum absolute atomic E-state index is 14.6. The molecule has 0 spiro atoms. The Hall–Kier alpha value is -3.85. The van der Waals surface area contributed by atoms with E-state index in [-0.39, 0.29) is 29.8 Å². The molecule has 46 heavy (non-hydrogen) atoms. The zero-order valence-corrected chi connectivity index (χ0v) is 28.7. The largest absolute Gasteiger partial charge is 0.352 e. The molecule has 0 heterocycles. The van der Waals surface area contributed by atoms with Gasteiger partial charge in [0.05, 0.1) is 10.6 Å². The van der Waals surface area contributed by atoms with Gasteiger partial charge in [-0.2, -0.15) is 0 Å². The van der Waals surface area contributed by atoms with Crippen molar-refractivity contribution in [2.75, 3.05) is 10.8 Å². The molecular weight excluding hydrogens is 641 g/mol. The van der Waals surface area contributed by atoms with Gasteiger partial charge in [-0.3, -0.25) is 13.9 Å². The molecule has 2 atom stereocenters. The van der Waals surface area contributed by atoms with Gasteiger partial charge in [-0.05, 0) is 80.3 Å². The number of amides is 2. The summed E-state index contributed by atoms with van der Waals surface area (Å²) in [6.07, 6.45) is 0.871. The van der Waals surface area contributed by atoms with E-state index in [4.69, 9.17) is 23.2 Å². The van der Waals surface area contributed by atoms with Crippen molar-refractivity contribution < 1.29 is 18.0 Å². The predicted octanol–water partition coefficient (Wildman–Crippen LogP) is 7.36. The molecule has 0 saturated carbocycles. The fraction of sp³-hybridized carbons (Fsp3) is 0.278. The molecule has 7 nitrogen and oxygen atoms in total. The second kappa shape index (κ2) is 15.6. The molecule has 2 amide bonds. The topological polar surface area (TPSA) is 86.8 Å². The van der Waals surface area contributed by atoms with Gasteiger partial charge in [0.25, 0.3) is 10.0 Å². The average molecular weight is 681 g/mol. The Morgan fingerprint density at radius 1 is 0.826 bits per heavy atom. The summed E-state index contributed by atoms with van der Waals surface area (Å²) in [7, 11) is -4.20. The van der Waals surface area contributed by atoms with E-state index in [1.807, 2.05) is 64.1 Å². The van der Waals surface area contributed by atoms with Crippen LogP contribution in [0.5, 0.6) is 0 Å². The van der Waals surface area contributed by atoms with Gasteiger partial charge in [0.15, 0.2) is 0 Å². The molecule has 0 fully saturated rings. The summed E-state index contributed by atoms with van der Waals surface area (Å²) in [4.78, 5) is 30.0. The van der Waals surface area contributed by atoms with Crippen LogP contribution in [-0.4, -0.2) is 43.8 Å². The van der Waals surface area contributed by atoms with Crippen molar-refractivity contribution in [3.05, 3.63) is 129 Å². The highest BCUT2D eigenvalue weighted by molar-refractivity contribution is 7.92. The number of hydrogen-bond acceptors (Lipinski definition) is 4. The van der Waals surface area contributed by atoms with Crippen molar-refractivity contribution >= 4 is 50.7 Å². The molecule has 0 saturated heterocycles. The van der Waals surface area contributed by atoms with Crippen LogP contribution in [0.4, 0.5) is 5.69 Å². The molecule has 0 radical (unpaired) electrons. The summed E-state index contributed by atoms with van der Waals surface area (Å²) in [5, 5.41) is 3.68. The normalized spacial score (nSPS) is 12.7. The number of nitrogens with one attached hydrogen (secondary N) is 1. The Bertz CT molecular complexity index is 1750. The Morgan fingerprint density at radius 3 is 2.02 bits per heavy atom. The molecule has 4 rings (SSSR count). The van der Waals surface area contributed by atoms with Crippen molar-refractivity contribution in [2.24, 2.45) is 0 Å². The number of anilines is 1. The van der Waals surface area contributed by atoms with Gasteiger partial charge < -0.3 is 10.2 Å². The predicted molar refractivity (Wildman–Crippen MR) is 186 cm³/mol. The van der Waals surface area contributed by atoms with Crippen LogP contribution in [0, 0.1) is 13.8 Å². The molecule has 0 aliphatic heterocycles. The van der Waals surface area contributed by atoms with Crippen LogP contribution in [0.2, 0.25) is 10.0 Å². The Morgan fingerprint density at radius 2 is 1.43 bits per heavy atom. The van der Waals surface area contributed by atoms with Crippen molar-refractivity contribution in [1.29, 1.82) is 0 Å². The molecule has 0 bridgehead atoms. The summed E-state index contributed by atoms with van der Waals surface area (Å²) in [5.74, 6) is -0.952. The van der Waals surface area contributed by atoms with E-state index in [1.54, 1.807) is 48.5 Å². The zero-order chi connectivity index (χ0) is 33.4. The lowest BCUT2D eigenvalue weighted by atomic mass is 10.0. The highest BCUT2D eigenvalue weighted by Gasteiger charge is 2.35. The number of carbonyl (C=O) groups excluding carboxylic acids is 2. The molecule has 4 aromatic rings. The minimum atomic E-state index is -4.20. The first kappa shape index (κ1) is 35.0. The standard InChI is InChI=1S/C36H39Cl2N3O4S/c1-5-27(4)39-36(43)34(22-28-13-8-6-9-14-28)40(23-31-32(37)17-12-18-33(31)38)35(42)24-41(29-20-19-25(2)26(3)21-29)46(44,45)30-15-10-7-11-16-30/h6-21,27,34H,5,22-24H2,1-4H3,(H,39,43). The van der Waals surface area contributed by atoms with Crippen LogP contribution in [0.3, 0.4) is 0 Å². The minimum absolute atomic E-state index is 0.0390. The van der Waals surface area contributed by atoms with Crippen molar-refractivity contribution in [2.45, 2.75) is 64.1 Å². The van der Waals surface area contributed by atoms with Crippen LogP contribution >= 0.6 is 23.2 Å². The summed E-state index contributed by atoms with van der Waals surface area (Å²) in [5.41, 5.74) is 3.47. The SMILES string of the molecule is CCC(C)NC(=O)C(Cc1ccccc1)N(Cc1c(Cl)cccc1Cl)C(=O)CN(c1ccc(C)c(C)c1)S(=O)(=O)c1ccccc1. The fourth-order valence-electron chi connectivity index (χ4n) is 4.98. The number of hydrogen-bond donors (Lipinski definition) is 1. The van der Waals surface area contributed by atoms with Crippen molar-refractivity contribution in [1.82, 2.24) is 10.2 Å². The number of rotatable bonds is 13. The number of benzene rings is 4. The lowest BCUT2D eigenvalue weighted by Gasteiger charge is -2.34. The van der Waals surface area contributed by atoms with E-state index >= 15 is 0 Å². The highest BCUT2D eigenvalue weighted by Crippen LogP contribution is 2.29. The number of carbonyl (C=O) groups is 2. The smallest absolute Gasteiger partial charge is 0.264 e. The molecule has 4 aromatic carbocycles. The summed E-state index contributed by atoms with van der Waals surface area (Å²) in [6, 6.07) is 26.5. The summed E-state index contributed by atoms with van der Waals surface area (Å²) >= 11 is 13.2. The maximum atomic E-state index is 14.6. The van der Waals surface area contributed by atoms with Crippen LogP contribution in [-0.2, 0) is 32.6 Å². The average Bonchev–Trinajstić information content (AvgIpc) is 3.04. The molecule has 1 N–H and O–H groups in total. The van der Waals surface area contributed by atoms with E-state index in [9.17, 15) is 18.0 Å². The Balaban J connectivity index is 1.85. The first-order valence-electron chi connectivity index (χ1n) is 15.1. The Kier molecular flexibility index (Phi) is 11.9. The molecular formula is C36H39Cl2N3O4S. The van der Waals surface area contributed by atoms with E-state index in [0.29, 0.717) is 27.7 Å². The second-order valence-electron chi connectivity index (χ2n) is 11.3. The number of sulfonamides is 1. The van der Waals surface area contributed by atoms with E-state index in [0.717, 1.165) is 21.0 Å². The first-order valence-corrected chi connectivity index (χ1v) is 17.3. The van der Waals surface area contributed by atoms with E-state index in [2.05, 4.69) is 5.32 Å². The molecule has 10 heteroatoms. The molecule has 0 aliphatic carbocycles.